The Hall–Kier alpha value is -0.750. The van der Waals surface area contributed by atoms with Gasteiger partial charge in [-0.15, -0.1) is 0 Å². The van der Waals surface area contributed by atoms with Gasteiger partial charge in [0.05, 0.1) is 25.4 Å². The number of hydrogen-bond donors (Lipinski definition) is 2. The Balaban J connectivity index is 1.90. The summed E-state index contributed by atoms with van der Waals surface area (Å²) < 4.78 is 11.8. The first kappa shape index (κ1) is 13.0. The van der Waals surface area contributed by atoms with Gasteiger partial charge in [0.2, 0.25) is 0 Å². The highest BCUT2D eigenvalue weighted by molar-refractivity contribution is 5.96. The summed E-state index contributed by atoms with van der Waals surface area (Å²) in [6, 6.07) is 0. The second-order valence-corrected chi connectivity index (χ2v) is 7.02. The fourth-order valence-electron chi connectivity index (χ4n) is 4.87. The summed E-state index contributed by atoms with van der Waals surface area (Å²) in [6.45, 7) is 4.23. The fourth-order valence-corrected chi connectivity index (χ4v) is 4.87. The lowest BCUT2D eigenvalue weighted by molar-refractivity contribution is -0.215. The van der Waals surface area contributed by atoms with Crippen molar-refractivity contribution in [3.63, 3.8) is 0 Å². The SMILES string of the molecule is CC1=C[C@H]2O[C@@H]3[C@H](O)C[C@](C)([C@@]2(CO)CC1=O)[C@@]31CO1. The Labute approximate surface area is 117 Å². The molecule has 20 heavy (non-hydrogen) atoms. The van der Waals surface area contributed by atoms with E-state index in [9.17, 15) is 15.0 Å². The summed E-state index contributed by atoms with van der Waals surface area (Å²) in [6.07, 6.45) is 1.31. The summed E-state index contributed by atoms with van der Waals surface area (Å²) in [5.41, 5.74) is -0.961. The van der Waals surface area contributed by atoms with E-state index in [0.29, 0.717) is 18.6 Å². The van der Waals surface area contributed by atoms with Crippen LogP contribution < -0.4 is 0 Å². The lowest BCUT2D eigenvalue weighted by atomic mass is 9.52. The number of fused-ring (bicyclic) bond motifs is 2. The third kappa shape index (κ3) is 1.14. The molecule has 1 spiro atoms. The molecule has 2 heterocycles. The van der Waals surface area contributed by atoms with Crippen molar-refractivity contribution in [3.05, 3.63) is 11.6 Å². The number of carbonyl (C=O) groups is 1. The van der Waals surface area contributed by atoms with Crippen molar-refractivity contribution < 1.29 is 24.5 Å². The molecule has 0 aromatic carbocycles. The molecule has 2 N–H and O–H groups in total. The van der Waals surface area contributed by atoms with E-state index < -0.39 is 22.5 Å². The smallest absolute Gasteiger partial charge is 0.159 e. The van der Waals surface area contributed by atoms with Crippen LogP contribution >= 0.6 is 0 Å². The molecule has 4 rings (SSSR count). The van der Waals surface area contributed by atoms with Gasteiger partial charge in [-0.1, -0.05) is 6.92 Å². The van der Waals surface area contributed by atoms with Crippen LogP contribution in [0.1, 0.15) is 26.7 Å². The molecule has 0 radical (unpaired) electrons. The van der Waals surface area contributed by atoms with Crippen LogP contribution in [0, 0.1) is 10.8 Å². The molecule has 2 aliphatic heterocycles. The molecule has 0 aromatic heterocycles. The molecule has 5 heteroatoms. The van der Waals surface area contributed by atoms with Gasteiger partial charge in [-0.25, -0.2) is 0 Å². The fraction of sp³-hybridized carbons (Fsp3) is 0.800. The van der Waals surface area contributed by atoms with Crippen molar-refractivity contribution >= 4 is 5.78 Å². The summed E-state index contributed by atoms with van der Waals surface area (Å²) in [7, 11) is 0. The summed E-state index contributed by atoms with van der Waals surface area (Å²) in [4.78, 5) is 12.2. The Morgan fingerprint density at radius 1 is 1.50 bits per heavy atom. The van der Waals surface area contributed by atoms with Crippen LogP contribution in [0.5, 0.6) is 0 Å². The maximum Gasteiger partial charge on any atom is 0.159 e. The minimum Gasteiger partial charge on any atom is -0.396 e. The maximum absolute atomic E-state index is 12.2. The zero-order valence-corrected chi connectivity index (χ0v) is 11.8. The number of aliphatic hydroxyl groups is 2. The van der Waals surface area contributed by atoms with Gasteiger partial charge in [0, 0.05) is 17.3 Å². The summed E-state index contributed by atoms with van der Waals surface area (Å²) in [5, 5.41) is 20.5. The predicted molar refractivity (Wildman–Crippen MR) is 69.0 cm³/mol. The number of rotatable bonds is 1. The normalized spacial score (nSPS) is 56.7. The number of aliphatic hydroxyl groups excluding tert-OH is 2. The minimum atomic E-state index is -0.686. The first-order valence-corrected chi connectivity index (χ1v) is 7.20. The number of Topliss-reactive ketones (excluding diaryl/α,β-unsaturated/α-hetero) is 1. The van der Waals surface area contributed by atoms with E-state index in [4.69, 9.17) is 9.47 Å². The molecule has 3 fully saturated rings. The monoisotopic (exact) mass is 280 g/mol. The first-order chi connectivity index (χ1) is 9.40. The topological polar surface area (TPSA) is 79.3 Å². The van der Waals surface area contributed by atoms with Gasteiger partial charge >= 0.3 is 0 Å². The molecule has 4 aliphatic rings. The van der Waals surface area contributed by atoms with Crippen molar-refractivity contribution in [1.82, 2.24) is 0 Å². The third-order valence-electron chi connectivity index (χ3n) is 6.35. The van der Waals surface area contributed by atoms with Gasteiger partial charge in [0.25, 0.3) is 0 Å². The van der Waals surface area contributed by atoms with E-state index in [1.54, 1.807) is 6.92 Å². The van der Waals surface area contributed by atoms with Crippen molar-refractivity contribution in [3.8, 4) is 0 Å². The predicted octanol–water partition coefficient (Wildman–Crippen LogP) is 0.191. The van der Waals surface area contributed by atoms with Gasteiger partial charge < -0.3 is 19.7 Å². The van der Waals surface area contributed by atoms with Crippen LogP contribution in [-0.2, 0) is 14.3 Å². The van der Waals surface area contributed by atoms with E-state index >= 15 is 0 Å². The van der Waals surface area contributed by atoms with E-state index in [0.717, 1.165) is 0 Å². The number of epoxide rings is 1. The van der Waals surface area contributed by atoms with Crippen LogP contribution in [-0.4, -0.2) is 53.1 Å². The van der Waals surface area contributed by atoms with Crippen LogP contribution in [0.2, 0.25) is 0 Å². The van der Waals surface area contributed by atoms with Gasteiger partial charge in [0.15, 0.2) is 5.78 Å². The minimum absolute atomic E-state index is 0.0516. The quantitative estimate of drug-likeness (QED) is 0.670. The average Bonchev–Trinajstić information content (AvgIpc) is 3.16. The molecule has 2 saturated heterocycles. The number of hydrogen-bond acceptors (Lipinski definition) is 5. The van der Waals surface area contributed by atoms with Crippen molar-refractivity contribution in [2.45, 2.75) is 50.6 Å². The Kier molecular flexibility index (Phi) is 2.28. The van der Waals surface area contributed by atoms with Gasteiger partial charge in [-0.2, -0.15) is 0 Å². The highest BCUT2D eigenvalue weighted by Crippen LogP contribution is 2.70. The second-order valence-electron chi connectivity index (χ2n) is 7.02. The van der Waals surface area contributed by atoms with Gasteiger partial charge in [-0.05, 0) is 25.0 Å². The molecular formula is C15H20O5. The summed E-state index contributed by atoms with van der Waals surface area (Å²) >= 11 is 0. The van der Waals surface area contributed by atoms with Crippen molar-refractivity contribution in [2.24, 2.45) is 10.8 Å². The van der Waals surface area contributed by atoms with Crippen molar-refractivity contribution in [2.75, 3.05) is 13.2 Å². The zero-order chi connectivity index (χ0) is 14.3. The molecule has 2 bridgehead atoms. The average molecular weight is 280 g/mol. The first-order valence-electron chi connectivity index (χ1n) is 7.20. The Morgan fingerprint density at radius 3 is 2.80 bits per heavy atom. The molecular weight excluding hydrogens is 260 g/mol. The molecule has 0 unspecified atom stereocenters. The van der Waals surface area contributed by atoms with Crippen LogP contribution in [0.3, 0.4) is 0 Å². The maximum atomic E-state index is 12.2. The molecule has 0 aromatic rings. The highest BCUT2D eigenvalue weighted by Gasteiger charge is 2.81. The zero-order valence-electron chi connectivity index (χ0n) is 11.8. The van der Waals surface area contributed by atoms with E-state index in [2.05, 4.69) is 0 Å². The van der Waals surface area contributed by atoms with Gasteiger partial charge in [-0.3, -0.25) is 4.79 Å². The lowest BCUT2D eigenvalue weighted by Crippen LogP contribution is -2.65. The second kappa shape index (κ2) is 3.53. The molecule has 110 valence electrons. The number of ketones is 1. The Morgan fingerprint density at radius 2 is 2.20 bits per heavy atom. The number of carbonyl (C=O) groups excluding carboxylic acids is 1. The molecule has 5 nitrogen and oxygen atoms in total. The van der Waals surface area contributed by atoms with E-state index in [1.165, 1.54) is 0 Å². The standard InChI is InChI=1S/C15H20O5/c1-8-3-11-14(6-16,5-9(8)17)13(2)4-10(18)12(20-11)15(13)7-19-15/h3,10-12,16,18H,4-7H2,1-2H3/t10-,11-,12-,13-,14-,15-/m1/s1. The molecule has 0 amide bonds. The third-order valence-corrected chi connectivity index (χ3v) is 6.35. The van der Waals surface area contributed by atoms with Crippen LogP contribution in [0.25, 0.3) is 0 Å². The van der Waals surface area contributed by atoms with Crippen LogP contribution in [0.15, 0.2) is 11.6 Å². The Bertz CT molecular complexity index is 522. The molecule has 6 atom stereocenters. The molecule has 2 aliphatic carbocycles. The number of ether oxygens (including phenoxy) is 2. The van der Waals surface area contributed by atoms with E-state index in [1.807, 2.05) is 13.0 Å². The highest BCUT2D eigenvalue weighted by atomic mass is 16.6. The molecule has 1 saturated carbocycles. The largest absolute Gasteiger partial charge is 0.396 e. The van der Waals surface area contributed by atoms with E-state index in [-0.39, 0.29) is 31.0 Å². The van der Waals surface area contributed by atoms with Gasteiger partial charge in [0.1, 0.15) is 11.7 Å². The lowest BCUT2D eigenvalue weighted by Gasteiger charge is -2.56. The number of allylic oxidation sites excluding steroid dienone is 1. The van der Waals surface area contributed by atoms with Crippen molar-refractivity contribution in [1.29, 1.82) is 0 Å². The summed E-state index contributed by atoms with van der Waals surface area (Å²) in [5.74, 6) is 0.0516. The van der Waals surface area contributed by atoms with Crippen LogP contribution in [0.4, 0.5) is 0 Å².